The topological polar surface area (TPSA) is 88.0 Å². The second-order valence-corrected chi connectivity index (χ2v) is 5.57. The summed E-state index contributed by atoms with van der Waals surface area (Å²) in [5.41, 5.74) is 0.916. The second-order valence-electron chi connectivity index (χ2n) is 5.57. The van der Waals surface area contributed by atoms with E-state index in [0.717, 1.165) is 18.6 Å². The van der Waals surface area contributed by atoms with E-state index in [9.17, 15) is 4.79 Å². The van der Waals surface area contributed by atoms with Gasteiger partial charge in [0.2, 0.25) is 0 Å². The number of nitrogens with zero attached hydrogens (tertiary/aromatic N) is 5. The molecule has 0 aromatic carbocycles. The average Bonchev–Trinajstić information content (AvgIpc) is 3.01. The van der Waals surface area contributed by atoms with Gasteiger partial charge in [0.05, 0.1) is 17.8 Å². The fourth-order valence-corrected chi connectivity index (χ4v) is 2.50. The van der Waals surface area contributed by atoms with Crippen LogP contribution in [-0.4, -0.2) is 38.8 Å². The van der Waals surface area contributed by atoms with Gasteiger partial charge in [-0.15, -0.1) is 0 Å². The van der Waals surface area contributed by atoms with E-state index in [1.807, 2.05) is 6.07 Å². The Morgan fingerprint density at radius 2 is 2.24 bits per heavy atom. The normalized spacial score (nSPS) is 18.3. The maximum absolute atomic E-state index is 12.2. The Labute approximate surface area is 120 Å². The zero-order chi connectivity index (χ0) is 14.4. The van der Waals surface area contributed by atoms with Crippen LogP contribution < -0.4 is 0 Å². The molecule has 1 aliphatic carbocycles. The Bertz CT molecular complexity index is 731. The highest BCUT2D eigenvalue weighted by Gasteiger charge is 2.35. The number of rotatable bonds is 3. The minimum atomic E-state index is -0.102. The van der Waals surface area contributed by atoms with Gasteiger partial charge in [0.25, 0.3) is 5.91 Å². The molecule has 2 aromatic heterocycles. The zero-order valence-corrected chi connectivity index (χ0v) is 11.3. The molecular formula is C14H13N5O2. The van der Waals surface area contributed by atoms with Gasteiger partial charge in [-0.3, -0.25) is 9.48 Å². The molecule has 2 aliphatic rings. The summed E-state index contributed by atoms with van der Waals surface area (Å²) in [7, 11) is 0. The number of nitriles is 1. The van der Waals surface area contributed by atoms with E-state index in [1.165, 1.54) is 6.20 Å². The molecule has 1 aliphatic heterocycles. The van der Waals surface area contributed by atoms with E-state index in [-0.39, 0.29) is 11.9 Å². The van der Waals surface area contributed by atoms with E-state index >= 15 is 0 Å². The molecule has 0 radical (unpaired) electrons. The Morgan fingerprint density at radius 1 is 1.43 bits per heavy atom. The van der Waals surface area contributed by atoms with Gasteiger partial charge in [0, 0.05) is 31.3 Å². The highest BCUT2D eigenvalue weighted by Crippen LogP contribution is 2.40. The summed E-state index contributed by atoms with van der Waals surface area (Å²) in [6.45, 7) is 1.16. The molecular weight excluding hydrogens is 270 g/mol. The molecule has 1 saturated carbocycles. The lowest BCUT2D eigenvalue weighted by atomic mass is 10.1. The Morgan fingerprint density at radius 3 is 2.90 bits per heavy atom. The Kier molecular flexibility index (Phi) is 2.57. The third kappa shape index (κ3) is 2.09. The SMILES string of the molecule is N#Cc1cnn(C2CN(C(=O)c3cc(C4CC4)on3)C2)c1. The van der Waals surface area contributed by atoms with Gasteiger partial charge in [-0.05, 0) is 12.8 Å². The number of hydrogen-bond donors (Lipinski definition) is 0. The van der Waals surface area contributed by atoms with Crippen molar-refractivity contribution in [3.8, 4) is 6.07 Å². The van der Waals surface area contributed by atoms with Crippen molar-refractivity contribution in [3.05, 3.63) is 35.5 Å². The van der Waals surface area contributed by atoms with Gasteiger partial charge < -0.3 is 9.42 Å². The summed E-state index contributed by atoms with van der Waals surface area (Å²) in [4.78, 5) is 14.0. The summed E-state index contributed by atoms with van der Waals surface area (Å²) in [5, 5.41) is 16.8. The quantitative estimate of drug-likeness (QED) is 0.847. The van der Waals surface area contributed by atoms with E-state index in [2.05, 4.69) is 10.3 Å². The van der Waals surface area contributed by atoms with Crippen molar-refractivity contribution in [2.75, 3.05) is 13.1 Å². The number of aromatic nitrogens is 3. The molecule has 3 heterocycles. The maximum atomic E-state index is 12.2. The molecule has 21 heavy (non-hydrogen) atoms. The highest BCUT2D eigenvalue weighted by molar-refractivity contribution is 5.92. The van der Waals surface area contributed by atoms with Gasteiger partial charge in [-0.2, -0.15) is 10.4 Å². The van der Waals surface area contributed by atoms with Crippen LogP contribution in [0.25, 0.3) is 0 Å². The number of hydrogen-bond acceptors (Lipinski definition) is 5. The second kappa shape index (κ2) is 4.45. The van der Waals surface area contributed by atoms with Crippen LogP contribution >= 0.6 is 0 Å². The standard InChI is InChI=1S/C14H13N5O2/c15-4-9-5-16-19(6-9)11-7-18(8-11)14(20)12-3-13(21-17-12)10-1-2-10/h3,5-6,10-11H,1-2,7-8H2. The largest absolute Gasteiger partial charge is 0.360 e. The Hall–Kier alpha value is -2.62. The summed E-state index contributed by atoms with van der Waals surface area (Å²) < 4.78 is 6.94. The molecule has 1 amide bonds. The molecule has 0 N–H and O–H groups in total. The summed E-state index contributed by atoms with van der Waals surface area (Å²) >= 11 is 0. The van der Waals surface area contributed by atoms with Crippen LogP contribution in [0.2, 0.25) is 0 Å². The van der Waals surface area contributed by atoms with Crippen LogP contribution in [-0.2, 0) is 0 Å². The minimum absolute atomic E-state index is 0.102. The van der Waals surface area contributed by atoms with Crippen LogP contribution in [0.5, 0.6) is 0 Å². The number of amides is 1. The summed E-state index contributed by atoms with van der Waals surface area (Å²) in [6.07, 6.45) is 5.47. The van der Waals surface area contributed by atoms with Crippen LogP contribution in [0.1, 0.15) is 46.6 Å². The van der Waals surface area contributed by atoms with E-state index in [0.29, 0.717) is 30.3 Å². The van der Waals surface area contributed by atoms with Crippen molar-refractivity contribution in [2.24, 2.45) is 0 Å². The van der Waals surface area contributed by atoms with Crippen LogP contribution in [0.4, 0.5) is 0 Å². The van der Waals surface area contributed by atoms with Gasteiger partial charge in [0.15, 0.2) is 5.69 Å². The molecule has 0 spiro atoms. The molecule has 4 rings (SSSR count). The van der Waals surface area contributed by atoms with Crippen LogP contribution in [0.3, 0.4) is 0 Å². The first-order valence-electron chi connectivity index (χ1n) is 6.95. The summed E-state index contributed by atoms with van der Waals surface area (Å²) in [5.74, 6) is 1.17. The fraction of sp³-hybridized carbons (Fsp3) is 0.429. The highest BCUT2D eigenvalue weighted by atomic mass is 16.5. The van der Waals surface area contributed by atoms with Gasteiger partial charge in [0.1, 0.15) is 11.8 Å². The fourth-order valence-electron chi connectivity index (χ4n) is 2.50. The predicted octanol–water partition coefficient (Wildman–Crippen LogP) is 1.32. The number of likely N-dealkylation sites (tertiary alicyclic amines) is 1. The lowest BCUT2D eigenvalue weighted by Crippen LogP contribution is -2.50. The lowest BCUT2D eigenvalue weighted by molar-refractivity contribution is 0.0491. The molecule has 7 nitrogen and oxygen atoms in total. The minimum Gasteiger partial charge on any atom is -0.360 e. The van der Waals surface area contributed by atoms with Crippen molar-refractivity contribution in [2.45, 2.75) is 24.8 Å². The van der Waals surface area contributed by atoms with E-state index in [1.54, 1.807) is 21.8 Å². The predicted molar refractivity (Wildman–Crippen MR) is 70.4 cm³/mol. The van der Waals surface area contributed by atoms with Crippen molar-refractivity contribution >= 4 is 5.91 Å². The molecule has 7 heteroatoms. The molecule has 0 bridgehead atoms. The van der Waals surface area contributed by atoms with Crippen molar-refractivity contribution in [1.82, 2.24) is 19.8 Å². The van der Waals surface area contributed by atoms with E-state index in [4.69, 9.17) is 9.78 Å². The number of carbonyl (C=O) groups is 1. The molecule has 0 atom stereocenters. The third-order valence-corrected chi connectivity index (χ3v) is 3.98. The first kappa shape index (κ1) is 12.1. The van der Waals surface area contributed by atoms with Gasteiger partial charge >= 0.3 is 0 Å². The Balaban J connectivity index is 1.40. The zero-order valence-electron chi connectivity index (χ0n) is 11.3. The van der Waals surface area contributed by atoms with E-state index < -0.39 is 0 Å². The van der Waals surface area contributed by atoms with Crippen molar-refractivity contribution in [1.29, 1.82) is 5.26 Å². The van der Waals surface area contributed by atoms with Crippen LogP contribution in [0, 0.1) is 11.3 Å². The molecule has 2 fully saturated rings. The first-order chi connectivity index (χ1) is 10.2. The molecule has 0 unspecified atom stereocenters. The molecule has 2 aromatic rings. The summed E-state index contributed by atoms with van der Waals surface area (Å²) in [6, 6.07) is 3.93. The smallest absolute Gasteiger partial charge is 0.276 e. The molecule has 106 valence electrons. The molecule has 1 saturated heterocycles. The van der Waals surface area contributed by atoms with Gasteiger partial charge in [-0.1, -0.05) is 5.16 Å². The lowest BCUT2D eigenvalue weighted by Gasteiger charge is -2.38. The first-order valence-corrected chi connectivity index (χ1v) is 6.95. The van der Waals surface area contributed by atoms with Crippen LogP contribution in [0.15, 0.2) is 23.0 Å². The van der Waals surface area contributed by atoms with Crippen molar-refractivity contribution in [3.63, 3.8) is 0 Å². The monoisotopic (exact) mass is 283 g/mol. The average molecular weight is 283 g/mol. The van der Waals surface area contributed by atoms with Crippen molar-refractivity contribution < 1.29 is 9.32 Å². The number of carbonyl (C=O) groups excluding carboxylic acids is 1. The maximum Gasteiger partial charge on any atom is 0.276 e. The third-order valence-electron chi connectivity index (χ3n) is 3.98. The van der Waals surface area contributed by atoms with Gasteiger partial charge in [-0.25, -0.2) is 0 Å².